The highest BCUT2D eigenvalue weighted by atomic mass is 32.1. The Morgan fingerprint density at radius 1 is 1.18 bits per heavy atom. The fourth-order valence-corrected chi connectivity index (χ4v) is 4.95. The van der Waals surface area contributed by atoms with E-state index in [1.165, 1.54) is 0 Å². The Kier molecular flexibility index (Phi) is 7.60. The van der Waals surface area contributed by atoms with Crippen molar-refractivity contribution in [3.05, 3.63) is 63.2 Å². The summed E-state index contributed by atoms with van der Waals surface area (Å²) in [6.45, 7) is 11.1. The number of fused-ring (bicyclic) bond motifs is 1. The predicted octanol–water partition coefficient (Wildman–Crippen LogP) is 5.36. The van der Waals surface area contributed by atoms with Crippen LogP contribution in [-0.2, 0) is 14.9 Å². The highest BCUT2D eigenvalue weighted by molar-refractivity contribution is 7.10. The zero-order valence-electron chi connectivity index (χ0n) is 19.9. The summed E-state index contributed by atoms with van der Waals surface area (Å²) in [6, 6.07) is 12.0. The van der Waals surface area contributed by atoms with Crippen molar-refractivity contribution in [1.82, 2.24) is 4.90 Å². The molecular weight excluding hydrogens is 450 g/mol. The number of thiophene rings is 1. The Hall–Kier alpha value is -2.81. The summed E-state index contributed by atoms with van der Waals surface area (Å²) in [5, 5.41) is 9.59. The van der Waals surface area contributed by atoms with E-state index in [1.807, 2.05) is 41.8 Å². The van der Waals surface area contributed by atoms with E-state index >= 15 is 0 Å². The predicted molar refractivity (Wildman–Crippen MR) is 137 cm³/mol. The number of benzene rings is 2. The maximum absolute atomic E-state index is 13.0. The normalized spacial score (nSPS) is 15.7. The van der Waals surface area contributed by atoms with Gasteiger partial charge in [0.25, 0.3) is 5.91 Å². The van der Waals surface area contributed by atoms with Crippen LogP contribution in [-0.4, -0.2) is 50.3 Å². The summed E-state index contributed by atoms with van der Waals surface area (Å²) >= 11 is 1.59. The first-order valence-electron chi connectivity index (χ1n) is 11.5. The number of hydrogen-bond donors (Lipinski definition) is 1. The maximum atomic E-state index is 13.0. The van der Waals surface area contributed by atoms with Crippen LogP contribution in [0.4, 0.5) is 5.69 Å². The van der Waals surface area contributed by atoms with Crippen molar-refractivity contribution < 1.29 is 14.3 Å². The molecule has 1 N–H and O–H groups in total. The zero-order chi connectivity index (χ0) is 24.1. The molecule has 1 unspecified atom stereocenters. The van der Waals surface area contributed by atoms with Gasteiger partial charge in [0.05, 0.1) is 18.9 Å². The molecule has 34 heavy (non-hydrogen) atoms. The van der Waals surface area contributed by atoms with Gasteiger partial charge >= 0.3 is 0 Å². The fraction of sp³-hybridized carbons (Fsp3) is 0.423. The van der Waals surface area contributed by atoms with Gasteiger partial charge in [-0.3, -0.25) is 9.69 Å². The van der Waals surface area contributed by atoms with Crippen LogP contribution in [0.15, 0.2) is 53.0 Å². The Balaban J connectivity index is 1.51. The number of nitrogens with one attached hydrogen (secondary N) is 1. The molecule has 1 aliphatic rings. The van der Waals surface area contributed by atoms with Crippen molar-refractivity contribution in [2.75, 3.05) is 44.8 Å². The number of carbonyl (C=O) groups is 1. The second-order valence-electron chi connectivity index (χ2n) is 9.45. The van der Waals surface area contributed by atoms with Crippen molar-refractivity contribution in [3.8, 4) is 5.75 Å². The first-order chi connectivity index (χ1) is 16.4. The molecule has 1 aliphatic heterocycles. The van der Waals surface area contributed by atoms with Gasteiger partial charge in [-0.2, -0.15) is 0 Å². The number of nitrogens with zero attached hydrogens (tertiary/aromatic N) is 2. The van der Waals surface area contributed by atoms with Crippen LogP contribution in [0.5, 0.6) is 5.75 Å². The number of ether oxygens (including phenoxy) is 2. The highest BCUT2D eigenvalue weighted by Crippen LogP contribution is 2.35. The van der Waals surface area contributed by atoms with E-state index in [2.05, 4.69) is 36.2 Å². The fourth-order valence-electron chi connectivity index (χ4n) is 4.02. The van der Waals surface area contributed by atoms with Gasteiger partial charge in [0, 0.05) is 35.3 Å². The quantitative estimate of drug-likeness (QED) is 0.438. The lowest BCUT2D eigenvalue weighted by Crippen LogP contribution is -2.38. The molecule has 0 aliphatic carbocycles. The van der Waals surface area contributed by atoms with E-state index in [0.29, 0.717) is 17.9 Å². The summed E-state index contributed by atoms with van der Waals surface area (Å²) in [5.74, 6) is 0.282. The molecule has 3 aromatic rings. The second-order valence-corrected chi connectivity index (χ2v) is 10.4. The molecule has 8 heteroatoms. The van der Waals surface area contributed by atoms with Gasteiger partial charge in [0.2, 0.25) is 0 Å². The van der Waals surface area contributed by atoms with E-state index < -0.39 is 11.9 Å². The van der Waals surface area contributed by atoms with E-state index in [9.17, 15) is 9.70 Å². The van der Waals surface area contributed by atoms with E-state index in [1.54, 1.807) is 17.4 Å². The summed E-state index contributed by atoms with van der Waals surface area (Å²) in [6.07, 6.45) is 0. The van der Waals surface area contributed by atoms with Gasteiger partial charge in [-0.1, -0.05) is 56.3 Å². The smallest absolute Gasteiger partial charge is 0.257 e. The first kappa shape index (κ1) is 24.3. The number of nitroso groups, excluding NO2 is 1. The van der Waals surface area contributed by atoms with Crippen molar-refractivity contribution in [2.45, 2.75) is 32.2 Å². The molecule has 0 spiro atoms. The number of carbonyl (C=O) groups excluding carboxylic acids is 1. The third kappa shape index (κ3) is 5.63. The van der Waals surface area contributed by atoms with Gasteiger partial charge in [-0.25, -0.2) is 0 Å². The molecule has 1 saturated heterocycles. The van der Waals surface area contributed by atoms with Crippen molar-refractivity contribution >= 4 is 33.7 Å². The number of rotatable bonds is 8. The molecule has 0 radical (unpaired) electrons. The number of morpholine rings is 1. The average molecular weight is 482 g/mol. The largest absolute Gasteiger partial charge is 0.492 e. The van der Waals surface area contributed by atoms with Crippen LogP contribution >= 0.6 is 11.3 Å². The zero-order valence-corrected chi connectivity index (χ0v) is 20.7. The molecular formula is C26H31N3O4S. The van der Waals surface area contributed by atoms with E-state index in [0.717, 1.165) is 54.2 Å². The van der Waals surface area contributed by atoms with Crippen LogP contribution < -0.4 is 10.1 Å². The maximum Gasteiger partial charge on any atom is 0.257 e. The molecule has 1 fully saturated rings. The first-order valence-corrected chi connectivity index (χ1v) is 12.4. The van der Waals surface area contributed by atoms with Crippen molar-refractivity contribution in [3.63, 3.8) is 0 Å². The average Bonchev–Trinajstić information content (AvgIpc) is 3.30. The van der Waals surface area contributed by atoms with Gasteiger partial charge in [0.15, 0.2) is 6.04 Å². The number of amides is 1. The third-order valence-electron chi connectivity index (χ3n) is 5.94. The molecule has 4 rings (SSSR count). The lowest BCUT2D eigenvalue weighted by atomic mass is 9.94. The lowest BCUT2D eigenvalue weighted by molar-refractivity contribution is -0.117. The van der Waals surface area contributed by atoms with Crippen molar-refractivity contribution in [1.29, 1.82) is 0 Å². The second kappa shape index (κ2) is 10.6. The summed E-state index contributed by atoms with van der Waals surface area (Å²) in [7, 11) is 0. The van der Waals surface area contributed by atoms with Gasteiger partial charge in [-0.15, -0.1) is 16.2 Å². The Bertz CT molecular complexity index is 1150. The molecule has 7 nitrogen and oxygen atoms in total. The molecule has 0 bridgehead atoms. The SMILES string of the molecule is CC(C)(C)c1cc(NC(=O)C(N=O)c2ccc(OCCN3CCOCC3)c3ccccc23)cs1. The molecule has 0 saturated carbocycles. The standard InChI is InChI=1S/C26H31N3O4S/c1-26(2,3)23-16-18(17-34-23)27-25(30)24(28-31)21-8-9-22(20-7-5-4-6-19(20)21)33-15-12-29-10-13-32-14-11-29/h4-9,16-17,24H,10-15H2,1-3H3,(H,27,30). The van der Waals surface area contributed by atoms with Crippen molar-refractivity contribution in [2.24, 2.45) is 5.18 Å². The minimum absolute atomic E-state index is 0.0102. The van der Waals surface area contributed by atoms with E-state index in [-0.39, 0.29) is 5.41 Å². The van der Waals surface area contributed by atoms with E-state index in [4.69, 9.17) is 9.47 Å². The Morgan fingerprint density at radius 3 is 2.59 bits per heavy atom. The van der Waals surface area contributed by atoms with Crippen LogP contribution in [0.25, 0.3) is 10.8 Å². The molecule has 180 valence electrons. The highest BCUT2D eigenvalue weighted by Gasteiger charge is 2.26. The minimum Gasteiger partial charge on any atom is -0.492 e. The lowest BCUT2D eigenvalue weighted by Gasteiger charge is -2.26. The minimum atomic E-state index is -1.16. The van der Waals surface area contributed by atoms with Crippen LogP contribution in [0.3, 0.4) is 0 Å². The van der Waals surface area contributed by atoms with Crippen LogP contribution in [0.2, 0.25) is 0 Å². The third-order valence-corrected chi connectivity index (χ3v) is 7.30. The monoisotopic (exact) mass is 481 g/mol. The van der Waals surface area contributed by atoms with Crippen LogP contribution in [0.1, 0.15) is 37.3 Å². The molecule has 1 amide bonds. The molecule has 2 heterocycles. The molecule has 1 atom stereocenters. The number of anilines is 1. The summed E-state index contributed by atoms with van der Waals surface area (Å²) in [4.78, 5) is 28.3. The summed E-state index contributed by atoms with van der Waals surface area (Å²) < 4.78 is 11.5. The Morgan fingerprint density at radius 2 is 1.91 bits per heavy atom. The number of hydrogen-bond acceptors (Lipinski definition) is 7. The van der Waals surface area contributed by atoms with Gasteiger partial charge < -0.3 is 14.8 Å². The summed E-state index contributed by atoms with van der Waals surface area (Å²) in [5.41, 5.74) is 1.24. The molecule has 2 aromatic carbocycles. The van der Waals surface area contributed by atoms with Gasteiger partial charge in [-0.05, 0) is 28.5 Å². The Labute approximate surface area is 204 Å². The molecule has 1 aromatic heterocycles. The van der Waals surface area contributed by atoms with Crippen LogP contribution in [0, 0.1) is 4.91 Å². The topological polar surface area (TPSA) is 80.2 Å². The van der Waals surface area contributed by atoms with Gasteiger partial charge in [0.1, 0.15) is 12.4 Å².